The Hall–Kier alpha value is -3.28. The molecule has 16 nitrogen and oxygen atoms in total. The molecule has 21 heteroatoms. The Kier molecular flexibility index (Phi) is 10.3. The van der Waals surface area contributed by atoms with Crippen LogP contribution in [0.2, 0.25) is 0 Å². The van der Waals surface area contributed by atoms with Gasteiger partial charge < -0.3 is 20.4 Å². The van der Waals surface area contributed by atoms with E-state index in [1.54, 1.807) is 0 Å². The first kappa shape index (κ1) is 38.5. The van der Waals surface area contributed by atoms with Gasteiger partial charge in [0.1, 0.15) is 23.0 Å². The molecule has 5 rings (SSSR count). The minimum absolute atomic E-state index is 0. The molecular weight excluding hydrogens is 744 g/mol. The molecule has 0 unspecified atom stereocenters. The van der Waals surface area contributed by atoms with Crippen LogP contribution < -0.4 is 0 Å². The molecule has 1 radical (unpaired) electrons. The van der Waals surface area contributed by atoms with Crippen molar-refractivity contribution in [3.63, 3.8) is 0 Å². The van der Waals surface area contributed by atoms with Gasteiger partial charge in [-0.2, -0.15) is 33.7 Å². The molecule has 0 saturated heterocycles. The van der Waals surface area contributed by atoms with Gasteiger partial charge in [-0.25, -0.2) is 0 Å². The summed E-state index contributed by atoms with van der Waals surface area (Å²) in [5.41, 5.74) is -2.85. The number of aromatic hydroxyl groups is 4. The fraction of sp³-hybridized carbons (Fsp3) is 0.143. The van der Waals surface area contributed by atoms with E-state index in [0.717, 1.165) is 48.5 Å². The molecule has 8 bridgehead atoms. The third kappa shape index (κ3) is 8.05. The van der Waals surface area contributed by atoms with Gasteiger partial charge in [-0.3, -0.25) is 18.2 Å². The fourth-order valence-corrected chi connectivity index (χ4v) is 7.74. The van der Waals surface area contributed by atoms with Gasteiger partial charge in [0, 0.05) is 99.7 Å². The number of benzene rings is 4. The standard InChI is InChI=1S/C28H24O16S4.Na/c29-25-13-1-14-6-22(46(36,37)38)8-16(26(14)30)3-18-10-24(48(42,43)44)12-20(28(18)32)4-19-11-23(47(39,40)41)9-17(27(19)31)2-15(25)7-21(5-13)45(33,34)35;/h5-12,29-32H,1-4H2,(H,33,34,35)(H,36,37,38)(H,39,40,41)(H,42,43,44);. The maximum atomic E-state index is 12.2. The molecule has 0 atom stereocenters. The van der Waals surface area contributed by atoms with Gasteiger partial charge in [0.05, 0.1) is 19.6 Å². The summed E-state index contributed by atoms with van der Waals surface area (Å²) in [6.45, 7) is 0. The van der Waals surface area contributed by atoms with Crippen LogP contribution in [0, 0.1) is 0 Å². The zero-order chi connectivity index (χ0) is 35.7. The predicted octanol–water partition coefficient (Wildman–Crippen LogP) is 1.79. The van der Waals surface area contributed by atoms with Gasteiger partial charge >= 0.3 is 0 Å². The second-order valence-corrected chi connectivity index (χ2v) is 16.7. The Balaban J connectivity index is 0.00000541. The first-order valence-electron chi connectivity index (χ1n) is 13.2. The molecule has 1 aliphatic rings. The van der Waals surface area contributed by atoms with Crippen LogP contribution in [-0.4, -0.2) is 102 Å². The third-order valence-electron chi connectivity index (χ3n) is 7.68. The van der Waals surface area contributed by atoms with E-state index in [9.17, 15) is 72.3 Å². The van der Waals surface area contributed by atoms with E-state index >= 15 is 0 Å². The fourth-order valence-electron chi connectivity index (χ4n) is 5.41. The van der Waals surface area contributed by atoms with E-state index in [2.05, 4.69) is 0 Å². The summed E-state index contributed by atoms with van der Waals surface area (Å²) in [5.74, 6) is -2.81. The molecular formula is C28H24NaO16S4. The van der Waals surface area contributed by atoms with Crippen molar-refractivity contribution in [1.29, 1.82) is 0 Å². The monoisotopic (exact) mass is 767 g/mol. The van der Waals surface area contributed by atoms with E-state index < -0.39 is 109 Å². The predicted molar refractivity (Wildman–Crippen MR) is 169 cm³/mol. The maximum Gasteiger partial charge on any atom is 0.294 e. The number of fused-ring (bicyclic) bond motifs is 8. The van der Waals surface area contributed by atoms with Crippen LogP contribution in [0.5, 0.6) is 23.0 Å². The Labute approximate surface area is 301 Å². The Morgan fingerprint density at radius 2 is 0.449 bits per heavy atom. The average Bonchev–Trinajstić information content (AvgIpc) is 2.93. The van der Waals surface area contributed by atoms with Gasteiger partial charge in [0.15, 0.2) is 0 Å². The van der Waals surface area contributed by atoms with Crippen LogP contribution in [-0.2, 0) is 66.2 Å². The van der Waals surface area contributed by atoms with Crippen molar-refractivity contribution in [1.82, 2.24) is 0 Å². The maximum absolute atomic E-state index is 12.2. The molecule has 0 aromatic heterocycles. The Bertz CT molecular complexity index is 2050. The van der Waals surface area contributed by atoms with Crippen LogP contribution in [0.1, 0.15) is 44.5 Å². The molecule has 49 heavy (non-hydrogen) atoms. The molecule has 0 spiro atoms. The Morgan fingerprint density at radius 3 is 0.551 bits per heavy atom. The summed E-state index contributed by atoms with van der Waals surface area (Å²) in [5, 5.41) is 44.8. The van der Waals surface area contributed by atoms with Crippen molar-refractivity contribution >= 4 is 70.0 Å². The van der Waals surface area contributed by atoms with Crippen molar-refractivity contribution in [2.45, 2.75) is 45.3 Å². The minimum atomic E-state index is -5.01. The first-order chi connectivity index (χ1) is 21.9. The van der Waals surface area contributed by atoms with Crippen LogP contribution in [0.15, 0.2) is 68.1 Å². The van der Waals surface area contributed by atoms with Gasteiger partial charge in [0.25, 0.3) is 40.5 Å². The molecule has 1 aliphatic carbocycles. The van der Waals surface area contributed by atoms with Crippen LogP contribution in [0.3, 0.4) is 0 Å². The van der Waals surface area contributed by atoms with Gasteiger partial charge in [-0.15, -0.1) is 0 Å². The summed E-state index contributed by atoms with van der Waals surface area (Å²) in [7, 11) is -20.0. The van der Waals surface area contributed by atoms with E-state index in [0.29, 0.717) is 0 Å². The van der Waals surface area contributed by atoms with Crippen LogP contribution in [0.4, 0.5) is 0 Å². The molecule has 0 fully saturated rings. The van der Waals surface area contributed by atoms with E-state index in [-0.39, 0.29) is 74.1 Å². The summed E-state index contributed by atoms with van der Waals surface area (Å²) >= 11 is 0. The molecule has 8 N–H and O–H groups in total. The summed E-state index contributed by atoms with van der Waals surface area (Å²) in [6, 6.07) is 6.25. The summed E-state index contributed by atoms with van der Waals surface area (Å²) in [4.78, 5) is -3.22. The smallest absolute Gasteiger partial charge is 0.294 e. The van der Waals surface area contributed by atoms with Crippen molar-refractivity contribution in [3.8, 4) is 23.0 Å². The van der Waals surface area contributed by atoms with Gasteiger partial charge in [-0.1, -0.05) is 0 Å². The van der Waals surface area contributed by atoms with Crippen molar-refractivity contribution < 1.29 is 72.3 Å². The molecule has 4 aromatic rings. The van der Waals surface area contributed by atoms with Crippen molar-refractivity contribution in [2.75, 3.05) is 0 Å². The van der Waals surface area contributed by atoms with E-state index in [1.165, 1.54) is 0 Å². The molecule has 257 valence electrons. The third-order valence-corrected chi connectivity index (χ3v) is 11.0. The molecule has 0 saturated carbocycles. The topological polar surface area (TPSA) is 298 Å². The van der Waals surface area contributed by atoms with Crippen LogP contribution in [0.25, 0.3) is 0 Å². The minimum Gasteiger partial charge on any atom is -0.507 e. The van der Waals surface area contributed by atoms with E-state index in [1.807, 2.05) is 0 Å². The Morgan fingerprint density at radius 1 is 0.327 bits per heavy atom. The zero-order valence-electron chi connectivity index (χ0n) is 24.9. The SMILES string of the molecule is O=S(=O)(O)c1cc2c(O)c(c1)Cc1cc(S(=O)(=O)O)cc(c1O)Cc1cc(S(=O)(=O)O)cc(c1O)Cc1cc(S(=O)(=O)O)cc(c1O)C2.[Na]. The normalized spacial score (nSPS) is 13.8. The second-order valence-electron chi connectivity index (χ2n) is 11.0. The number of rotatable bonds is 4. The number of phenolic OH excluding ortho intramolecular Hbond substituents is 4. The van der Waals surface area contributed by atoms with Crippen LogP contribution >= 0.6 is 0 Å². The van der Waals surface area contributed by atoms with Crippen molar-refractivity contribution in [3.05, 3.63) is 93.0 Å². The quantitative estimate of drug-likeness (QED) is 0.0955. The number of hydrogen-bond donors (Lipinski definition) is 8. The average molecular weight is 768 g/mol. The second kappa shape index (κ2) is 13.1. The molecule has 0 amide bonds. The zero-order valence-corrected chi connectivity index (χ0v) is 30.2. The van der Waals surface area contributed by atoms with Gasteiger partial charge in [-0.05, 0) is 48.5 Å². The van der Waals surface area contributed by atoms with Gasteiger partial charge in [0.2, 0.25) is 0 Å². The number of hydrogen-bond acceptors (Lipinski definition) is 12. The summed E-state index contributed by atoms with van der Waals surface area (Å²) < 4.78 is 137. The van der Waals surface area contributed by atoms with Crippen molar-refractivity contribution in [2.24, 2.45) is 0 Å². The molecule has 4 aromatic carbocycles. The largest absolute Gasteiger partial charge is 0.507 e. The van der Waals surface area contributed by atoms with E-state index in [4.69, 9.17) is 0 Å². The number of phenols is 4. The molecule has 0 aliphatic heterocycles. The molecule has 0 heterocycles. The summed E-state index contributed by atoms with van der Waals surface area (Å²) in [6.07, 6.45) is -2.74. The first-order valence-corrected chi connectivity index (χ1v) is 19.0.